The molecule has 2 heteroatoms. The minimum absolute atomic E-state index is 0.581. The molecule has 2 fully saturated rings. The Morgan fingerprint density at radius 3 is 2.86 bits per heavy atom. The molecular weight excluding hydrogens is 172 g/mol. The molecule has 2 rings (SSSR count). The molecule has 0 amide bonds. The van der Waals surface area contributed by atoms with E-state index in [0.29, 0.717) is 5.54 Å². The minimum atomic E-state index is 0.581. The van der Waals surface area contributed by atoms with Crippen LogP contribution in [0.25, 0.3) is 0 Å². The highest BCUT2D eigenvalue weighted by Gasteiger charge is 2.43. The Kier molecular flexibility index (Phi) is 3.13. The quantitative estimate of drug-likeness (QED) is 0.743. The van der Waals surface area contributed by atoms with Crippen LogP contribution in [-0.2, 0) is 0 Å². The second-order valence-corrected chi connectivity index (χ2v) is 5.24. The molecular formula is C12H24N2. The van der Waals surface area contributed by atoms with Crippen molar-refractivity contribution in [3.05, 3.63) is 0 Å². The number of rotatable bonds is 3. The summed E-state index contributed by atoms with van der Waals surface area (Å²) in [5.74, 6) is 0. The van der Waals surface area contributed by atoms with Gasteiger partial charge in [0.25, 0.3) is 0 Å². The molecule has 0 aromatic rings. The fraction of sp³-hybridized carbons (Fsp3) is 1.00. The third-order valence-electron chi connectivity index (χ3n) is 3.85. The van der Waals surface area contributed by atoms with Gasteiger partial charge in [-0.3, -0.25) is 4.90 Å². The van der Waals surface area contributed by atoms with Crippen molar-refractivity contribution in [2.24, 2.45) is 0 Å². The van der Waals surface area contributed by atoms with E-state index in [9.17, 15) is 0 Å². The summed E-state index contributed by atoms with van der Waals surface area (Å²) < 4.78 is 0. The zero-order chi connectivity index (χ0) is 10.0. The van der Waals surface area contributed by atoms with Crippen LogP contribution in [0.15, 0.2) is 0 Å². The SMILES string of the molecule is CCCC1CN(C2(C)CC2)CCCN1. The van der Waals surface area contributed by atoms with Crippen LogP contribution < -0.4 is 5.32 Å². The van der Waals surface area contributed by atoms with Crippen LogP contribution in [0.5, 0.6) is 0 Å². The molecule has 0 aromatic heterocycles. The molecule has 82 valence electrons. The highest BCUT2D eigenvalue weighted by molar-refractivity contribution is 5.01. The summed E-state index contributed by atoms with van der Waals surface area (Å²) in [5.41, 5.74) is 0.581. The second-order valence-electron chi connectivity index (χ2n) is 5.24. The molecule has 14 heavy (non-hydrogen) atoms. The molecule has 1 unspecified atom stereocenters. The molecule has 0 radical (unpaired) electrons. The zero-order valence-corrected chi connectivity index (χ0v) is 9.68. The zero-order valence-electron chi connectivity index (χ0n) is 9.68. The first-order valence-corrected chi connectivity index (χ1v) is 6.23. The van der Waals surface area contributed by atoms with Crippen LogP contribution in [0.1, 0.15) is 46.0 Å². The minimum Gasteiger partial charge on any atom is -0.313 e. The van der Waals surface area contributed by atoms with Crippen molar-refractivity contribution in [3.63, 3.8) is 0 Å². The van der Waals surface area contributed by atoms with Crippen LogP contribution in [0.4, 0.5) is 0 Å². The molecule has 1 atom stereocenters. The molecule has 0 bridgehead atoms. The van der Waals surface area contributed by atoms with Crippen LogP contribution >= 0.6 is 0 Å². The van der Waals surface area contributed by atoms with E-state index in [1.165, 1.54) is 51.7 Å². The van der Waals surface area contributed by atoms with Crippen molar-refractivity contribution in [1.29, 1.82) is 0 Å². The molecule has 1 aliphatic heterocycles. The molecule has 2 aliphatic rings. The monoisotopic (exact) mass is 196 g/mol. The highest BCUT2D eigenvalue weighted by Crippen LogP contribution is 2.41. The lowest BCUT2D eigenvalue weighted by molar-refractivity contribution is 0.185. The molecule has 1 saturated heterocycles. The van der Waals surface area contributed by atoms with E-state index in [1.807, 2.05) is 0 Å². The smallest absolute Gasteiger partial charge is 0.0195 e. The van der Waals surface area contributed by atoms with Crippen molar-refractivity contribution in [1.82, 2.24) is 10.2 Å². The summed E-state index contributed by atoms with van der Waals surface area (Å²) in [6, 6.07) is 0.750. The van der Waals surface area contributed by atoms with Crippen LogP contribution in [0, 0.1) is 0 Å². The van der Waals surface area contributed by atoms with Gasteiger partial charge in [0.2, 0.25) is 0 Å². The molecule has 0 aromatic carbocycles. The van der Waals surface area contributed by atoms with Crippen LogP contribution in [-0.4, -0.2) is 36.1 Å². The van der Waals surface area contributed by atoms with E-state index in [1.54, 1.807) is 0 Å². The number of hydrogen-bond donors (Lipinski definition) is 1. The molecule has 0 spiro atoms. The standard InChI is InChI=1S/C12H24N2/c1-3-5-11-10-14(9-4-8-13-11)12(2)6-7-12/h11,13H,3-10H2,1-2H3. The summed E-state index contributed by atoms with van der Waals surface area (Å²) in [5, 5.41) is 3.67. The van der Waals surface area contributed by atoms with Gasteiger partial charge in [-0.05, 0) is 45.7 Å². The van der Waals surface area contributed by atoms with Crippen molar-refractivity contribution >= 4 is 0 Å². The largest absolute Gasteiger partial charge is 0.313 e. The summed E-state index contributed by atoms with van der Waals surface area (Å²) in [7, 11) is 0. The van der Waals surface area contributed by atoms with Gasteiger partial charge in [-0.1, -0.05) is 13.3 Å². The van der Waals surface area contributed by atoms with E-state index in [2.05, 4.69) is 24.1 Å². The Morgan fingerprint density at radius 2 is 2.21 bits per heavy atom. The Morgan fingerprint density at radius 1 is 1.43 bits per heavy atom. The Balaban J connectivity index is 1.90. The maximum absolute atomic E-state index is 3.67. The predicted molar refractivity (Wildman–Crippen MR) is 60.5 cm³/mol. The maximum Gasteiger partial charge on any atom is 0.0195 e. The first-order valence-electron chi connectivity index (χ1n) is 6.23. The maximum atomic E-state index is 3.67. The van der Waals surface area contributed by atoms with E-state index in [-0.39, 0.29) is 0 Å². The van der Waals surface area contributed by atoms with Crippen molar-refractivity contribution in [2.75, 3.05) is 19.6 Å². The summed E-state index contributed by atoms with van der Waals surface area (Å²) >= 11 is 0. The molecule has 1 heterocycles. The van der Waals surface area contributed by atoms with Crippen molar-refractivity contribution < 1.29 is 0 Å². The third-order valence-corrected chi connectivity index (χ3v) is 3.85. The van der Waals surface area contributed by atoms with Gasteiger partial charge in [0, 0.05) is 18.1 Å². The predicted octanol–water partition coefficient (Wildman–Crippen LogP) is 2.00. The second kappa shape index (κ2) is 4.19. The average Bonchev–Trinajstić information content (AvgIpc) is 2.91. The van der Waals surface area contributed by atoms with E-state index in [0.717, 1.165) is 6.04 Å². The first-order chi connectivity index (χ1) is 6.74. The fourth-order valence-electron chi connectivity index (χ4n) is 2.53. The topological polar surface area (TPSA) is 15.3 Å². The van der Waals surface area contributed by atoms with E-state index >= 15 is 0 Å². The van der Waals surface area contributed by atoms with Gasteiger partial charge in [0.15, 0.2) is 0 Å². The summed E-state index contributed by atoms with van der Waals surface area (Å²) in [6.07, 6.45) is 6.82. The highest BCUT2D eigenvalue weighted by atomic mass is 15.2. The van der Waals surface area contributed by atoms with E-state index in [4.69, 9.17) is 0 Å². The lowest BCUT2D eigenvalue weighted by Gasteiger charge is -2.30. The van der Waals surface area contributed by atoms with Gasteiger partial charge in [0.05, 0.1) is 0 Å². The Hall–Kier alpha value is -0.0800. The number of nitrogens with one attached hydrogen (secondary N) is 1. The third kappa shape index (κ3) is 2.29. The molecule has 1 N–H and O–H groups in total. The Bertz CT molecular complexity index is 187. The number of nitrogens with zero attached hydrogens (tertiary/aromatic N) is 1. The van der Waals surface area contributed by atoms with Gasteiger partial charge >= 0.3 is 0 Å². The molecule has 1 aliphatic carbocycles. The fourth-order valence-corrected chi connectivity index (χ4v) is 2.53. The van der Waals surface area contributed by atoms with Gasteiger partial charge in [-0.15, -0.1) is 0 Å². The van der Waals surface area contributed by atoms with Gasteiger partial charge < -0.3 is 5.32 Å². The van der Waals surface area contributed by atoms with Crippen LogP contribution in [0.3, 0.4) is 0 Å². The van der Waals surface area contributed by atoms with Gasteiger partial charge in [-0.2, -0.15) is 0 Å². The van der Waals surface area contributed by atoms with Gasteiger partial charge in [-0.25, -0.2) is 0 Å². The molecule has 1 saturated carbocycles. The first kappa shape index (κ1) is 10.4. The summed E-state index contributed by atoms with van der Waals surface area (Å²) in [4.78, 5) is 2.73. The van der Waals surface area contributed by atoms with E-state index < -0.39 is 0 Å². The lowest BCUT2D eigenvalue weighted by atomic mass is 10.1. The average molecular weight is 196 g/mol. The lowest BCUT2D eigenvalue weighted by Crippen LogP contribution is -2.42. The normalized spacial score (nSPS) is 32.6. The van der Waals surface area contributed by atoms with Crippen molar-refractivity contribution in [3.8, 4) is 0 Å². The molecule has 2 nitrogen and oxygen atoms in total. The van der Waals surface area contributed by atoms with Crippen molar-refractivity contribution in [2.45, 2.75) is 57.5 Å². The summed E-state index contributed by atoms with van der Waals surface area (Å²) in [6.45, 7) is 8.53. The van der Waals surface area contributed by atoms with Gasteiger partial charge in [0.1, 0.15) is 0 Å². The number of hydrogen-bond acceptors (Lipinski definition) is 2. The van der Waals surface area contributed by atoms with Crippen LogP contribution in [0.2, 0.25) is 0 Å². The Labute approximate surface area is 88.1 Å².